The van der Waals surface area contributed by atoms with Gasteiger partial charge in [-0.3, -0.25) is 4.79 Å². The number of fused-ring (bicyclic) bond motifs is 1. The van der Waals surface area contributed by atoms with Crippen LogP contribution in [0.4, 0.5) is 20.3 Å². The van der Waals surface area contributed by atoms with Gasteiger partial charge in [0.1, 0.15) is 29.3 Å². The average molecular weight is 354 g/mol. The molecule has 1 amide bonds. The smallest absolute Gasteiger partial charge is 0.261 e. The molecule has 0 spiro atoms. The summed E-state index contributed by atoms with van der Waals surface area (Å²) in [7, 11) is 0. The summed E-state index contributed by atoms with van der Waals surface area (Å²) in [5.41, 5.74) is 0.470. The number of nitrogens with zero attached hydrogens (tertiary/aromatic N) is 3. The second-order valence-corrected chi connectivity index (χ2v) is 6.17. The van der Waals surface area contributed by atoms with Crippen molar-refractivity contribution in [3.8, 4) is 0 Å². The standard InChI is InChI=1S/C19H16F2N4O/c20-14-4-3-5-15(21)17(14)19(26)24-12-6-7-13-16(10-12)22-11-23-18(13)25-8-1-2-9-25/h3-7,10-11H,1-2,8-9H2,(H,24,26). The largest absolute Gasteiger partial charge is 0.356 e. The Hall–Kier alpha value is -3.09. The fraction of sp³-hybridized carbons (Fsp3) is 0.211. The lowest BCUT2D eigenvalue weighted by molar-refractivity contribution is 0.101. The Morgan fingerprint density at radius 2 is 1.77 bits per heavy atom. The van der Waals surface area contributed by atoms with E-state index in [0.29, 0.717) is 11.2 Å². The predicted molar refractivity (Wildman–Crippen MR) is 95.3 cm³/mol. The highest BCUT2D eigenvalue weighted by atomic mass is 19.1. The van der Waals surface area contributed by atoms with Gasteiger partial charge < -0.3 is 10.2 Å². The molecule has 1 saturated heterocycles. The Morgan fingerprint density at radius 1 is 1.04 bits per heavy atom. The monoisotopic (exact) mass is 354 g/mol. The molecule has 0 aliphatic carbocycles. The zero-order valence-corrected chi connectivity index (χ0v) is 13.9. The van der Waals surface area contributed by atoms with Gasteiger partial charge in [-0.2, -0.15) is 0 Å². The van der Waals surface area contributed by atoms with Crippen LogP contribution in [-0.4, -0.2) is 29.0 Å². The Kier molecular flexibility index (Phi) is 4.20. The van der Waals surface area contributed by atoms with Gasteiger partial charge >= 0.3 is 0 Å². The average Bonchev–Trinajstić information content (AvgIpc) is 3.15. The molecule has 0 unspecified atom stereocenters. The molecule has 1 N–H and O–H groups in total. The summed E-state index contributed by atoms with van der Waals surface area (Å²) in [6.45, 7) is 1.91. The van der Waals surface area contributed by atoms with Crippen LogP contribution in [0.3, 0.4) is 0 Å². The summed E-state index contributed by atoms with van der Waals surface area (Å²) in [6.07, 6.45) is 3.75. The maximum Gasteiger partial charge on any atom is 0.261 e. The van der Waals surface area contributed by atoms with E-state index in [-0.39, 0.29) is 0 Å². The first-order valence-corrected chi connectivity index (χ1v) is 8.38. The number of anilines is 2. The first-order chi connectivity index (χ1) is 12.6. The molecule has 2 aromatic carbocycles. The van der Waals surface area contributed by atoms with Crippen molar-refractivity contribution in [2.45, 2.75) is 12.8 Å². The van der Waals surface area contributed by atoms with Crippen molar-refractivity contribution in [1.82, 2.24) is 9.97 Å². The number of carbonyl (C=O) groups excluding carboxylic acids is 1. The maximum atomic E-state index is 13.8. The van der Waals surface area contributed by atoms with Crippen LogP contribution in [0.25, 0.3) is 10.9 Å². The first-order valence-electron chi connectivity index (χ1n) is 8.38. The summed E-state index contributed by atoms with van der Waals surface area (Å²) in [5, 5.41) is 3.41. The van der Waals surface area contributed by atoms with Crippen molar-refractivity contribution in [3.05, 3.63) is 59.9 Å². The summed E-state index contributed by atoms with van der Waals surface area (Å²) in [6, 6.07) is 8.49. The van der Waals surface area contributed by atoms with E-state index in [9.17, 15) is 13.6 Å². The third kappa shape index (κ3) is 2.96. The molecule has 5 nitrogen and oxygen atoms in total. The molecule has 7 heteroatoms. The number of amides is 1. The number of hydrogen-bond donors (Lipinski definition) is 1. The molecule has 4 rings (SSSR count). The van der Waals surface area contributed by atoms with Crippen molar-refractivity contribution in [2.24, 2.45) is 0 Å². The number of nitrogens with one attached hydrogen (secondary N) is 1. The van der Waals surface area contributed by atoms with E-state index in [2.05, 4.69) is 20.2 Å². The van der Waals surface area contributed by atoms with Crippen molar-refractivity contribution in [3.63, 3.8) is 0 Å². The van der Waals surface area contributed by atoms with E-state index in [4.69, 9.17) is 0 Å². The number of halogens is 2. The van der Waals surface area contributed by atoms with Crippen molar-refractivity contribution >= 4 is 28.3 Å². The van der Waals surface area contributed by atoms with E-state index in [1.165, 1.54) is 12.4 Å². The van der Waals surface area contributed by atoms with Crippen molar-refractivity contribution in [1.29, 1.82) is 0 Å². The number of hydrogen-bond acceptors (Lipinski definition) is 4. The molecular weight excluding hydrogens is 338 g/mol. The lowest BCUT2D eigenvalue weighted by Crippen LogP contribution is -2.19. The molecule has 0 radical (unpaired) electrons. The number of benzene rings is 2. The molecule has 26 heavy (non-hydrogen) atoms. The van der Waals surface area contributed by atoms with E-state index >= 15 is 0 Å². The van der Waals surface area contributed by atoms with E-state index < -0.39 is 23.1 Å². The summed E-state index contributed by atoms with van der Waals surface area (Å²) >= 11 is 0. The second kappa shape index (κ2) is 6.67. The topological polar surface area (TPSA) is 58.1 Å². The zero-order chi connectivity index (χ0) is 18.1. The molecule has 2 heterocycles. The normalized spacial score (nSPS) is 14.0. The van der Waals surface area contributed by atoms with Gasteiger partial charge in [0.15, 0.2) is 0 Å². The molecule has 1 aromatic heterocycles. The quantitative estimate of drug-likeness (QED) is 0.778. The van der Waals surface area contributed by atoms with Crippen molar-refractivity contribution in [2.75, 3.05) is 23.3 Å². The van der Waals surface area contributed by atoms with Crippen LogP contribution in [0.5, 0.6) is 0 Å². The highest BCUT2D eigenvalue weighted by Gasteiger charge is 2.19. The van der Waals surface area contributed by atoms with Gasteiger partial charge in [-0.05, 0) is 43.2 Å². The van der Waals surface area contributed by atoms with Crippen LogP contribution in [0.15, 0.2) is 42.7 Å². The van der Waals surface area contributed by atoms with Crippen LogP contribution in [0.2, 0.25) is 0 Å². The van der Waals surface area contributed by atoms with Gasteiger partial charge in [-0.25, -0.2) is 18.7 Å². The predicted octanol–water partition coefficient (Wildman–Crippen LogP) is 3.76. The number of carbonyl (C=O) groups is 1. The van der Waals surface area contributed by atoms with Gasteiger partial charge in [0.25, 0.3) is 5.91 Å². The van der Waals surface area contributed by atoms with E-state index in [0.717, 1.165) is 49.3 Å². The Bertz CT molecular complexity index is 966. The second-order valence-electron chi connectivity index (χ2n) is 6.17. The molecular formula is C19H16F2N4O. The van der Waals surface area contributed by atoms with Gasteiger partial charge in [0.2, 0.25) is 0 Å². The number of aromatic nitrogens is 2. The fourth-order valence-electron chi connectivity index (χ4n) is 3.21. The lowest BCUT2D eigenvalue weighted by atomic mass is 10.1. The van der Waals surface area contributed by atoms with Gasteiger partial charge in [-0.15, -0.1) is 0 Å². The van der Waals surface area contributed by atoms with Gasteiger partial charge in [-0.1, -0.05) is 6.07 Å². The summed E-state index contributed by atoms with van der Waals surface area (Å²) in [4.78, 5) is 23.1. The summed E-state index contributed by atoms with van der Waals surface area (Å²) < 4.78 is 27.5. The zero-order valence-electron chi connectivity index (χ0n) is 13.9. The van der Waals surface area contributed by atoms with Gasteiger partial charge in [0.05, 0.1) is 5.52 Å². The molecule has 3 aromatic rings. The van der Waals surface area contributed by atoms with E-state index in [1.54, 1.807) is 12.1 Å². The van der Waals surface area contributed by atoms with Crippen LogP contribution in [-0.2, 0) is 0 Å². The lowest BCUT2D eigenvalue weighted by Gasteiger charge is -2.18. The SMILES string of the molecule is O=C(Nc1ccc2c(N3CCCC3)ncnc2c1)c1c(F)cccc1F. The molecule has 132 valence electrons. The van der Waals surface area contributed by atoms with Crippen LogP contribution in [0, 0.1) is 11.6 Å². The molecule has 1 aliphatic heterocycles. The third-order valence-electron chi connectivity index (χ3n) is 4.47. The Labute approximate surface area is 148 Å². The molecule has 0 saturated carbocycles. The summed E-state index contributed by atoms with van der Waals surface area (Å²) in [5.74, 6) is -1.77. The van der Waals surface area contributed by atoms with Gasteiger partial charge in [0, 0.05) is 24.2 Å². The maximum absolute atomic E-state index is 13.8. The number of rotatable bonds is 3. The van der Waals surface area contributed by atoms with Crippen LogP contribution < -0.4 is 10.2 Å². The highest BCUT2D eigenvalue weighted by molar-refractivity contribution is 6.05. The van der Waals surface area contributed by atoms with E-state index in [1.807, 2.05) is 6.07 Å². The van der Waals surface area contributed by atoms with Crippen LogP contribution in [0.1, 0.15) is 23.2 Å². The molecule has 1 aliphatic rings. The van der Waals surface area contributed by atoms with Crippen molar-refractivity contribution < 1.29 is 13.6 Å². The highest BCUT2D eigenvalue weighted by Crippen LogP contribution is 2.28. The minimum absolute atomic E-state index is 0.413. The first kappa shape index (κ1) is 16.4. The third-order valence-corrected chi connectivity index (χ3v) is 4.47. The van der Waals surface area contributed by atoms with Crippen LogP contribution >= 0.6 is 0 Å². The minimum Gasteiger partial charge on any atom is -0.356 e. The molecule has 0 atom stereocenters. The molecule has 1 fully saturated rings. The Balaban J connectivity index is 1.65. The fourth-order valence-corrected chi connectivity index (χ4v) is 3.21. The minimum atomic E-state index is -0.901. The molecule has 0 bridgehead atoms. The Morgan fingerprint density at radius 3 is 2.50 bits per heavy atom.